The number of nitrogens with one attached hydrogen (secondary N) is 1. The third kappa shape index (κ3) is 4.71. The summed E-state index contributed by atoms with van der Waals surface area (Å²) < 4.78 is 0.763. The molecule has 0 bridgehead atoms. The molecule has 0 heterocycles. The maximum atomic E-state index is 11.5. The summed E-state index contributed by atoms with van der Waals surface area (Å²) in [7, 11) is 0. The summed E-state index contributed by atoms with van der Waals surface area (Å²) in [4.78, 5) is 21.9. The quantitative estimate of drug-likeness (QED) is 0.820. The zero-order valence-electron chi connectivity index (χ0n) is 9.94. The van der Waals surface area contributed by atoms with Crippen LogP contribution in [0.15, 0.2) is 28.7 Å². The van der Waals surface area contributed by atoms with Crippen LogP contribution in [0.5, 0.6) is 0 Å². The van der Waals surface area contributed by atoms with E-state index in [0.29, 0.717) is 17.7 Å². The molecule has 1 amide bonds. The lowest BCUT2D eigenvalue weighted by atomic mass is 10.2. The summed E-state index contributed by atoms with van der Waals surface area (Å²) >= 11 is 3.33. The van der Waals surface area contributed by atoms with Gasteiger partial charge in [0.05, 0.1) is 5.69 Å². The number of carbonyl (C=O) groups is 2. The van der Waals surface area contributed by atoms with E-state index in [9.17, 15) is 9.59 Å². The van der Waals surface area contributed by atoms with Crippen molar-refractivity contribution in [3.8, 4) is 0 Å². The van der Waals surface area contributed by atoms with Crippen molar-refractivity contribution in [2.24, 2.45) is 0 Å². The number of carboxylic acids is 1. The molecule has 0 atom stereocenters. The average Bonchev–Trinajstić information content (AvgIpc) is 2.30. The normalized spacial score (nSPS) is 10.6. The van der Waals surface area contributed by atoms with Crippen LogP contribution < -0.4 is 5.32 Å². The third-order valence-electron chi connectivity index (χ3n) is 2.16. The van der Waals surface area contributed by atoms with Gasteiger partial charge in [0.15, 0.2) is 0 Å². The Hall–Kier alpha value is -1.62. The summed E-state index contributed by atoms with van der Waals surface area (Å²) in [5, 5.41) is 11.3. The van der Waals surface area contributed by atoms with Gasteiger partial charge in [-0.2, -0.15) is 0 Å². The molecule has 0 unspecified atom stereocenters. The van der Waals surface area contributed by atoms with Crippen molar-refractivity contribution in [2.75, 3.05) is 5.32 Å². The van der Waals surface area contributed by atoms with Crippen LogP contribution in [0.2, 0.25) is 0 Å². The zero-order chi connectivity index (χ0) is 13.5. The van der Waals surface area contributed by atoms with Crippen molar-refractivity contribution in [1.29, 1.82) is 0 Å². The summed E-state index contributed by atoms with van der Waals surface area (Å²) in [6.07, 6.45) is 3.77. The fraction of sp³-hybridized carbons (Fsp3) is 0.231. The fourth-order valence-corrected chi connectivity index (χ4v) is 1.70. The standard InChI is InChI=1S/C13H14BrNO3/c1-2-3-12(16)15-11-8-9(4-6-10(11)14)5-7-13(17)18/h4-8H,2-3H2,1H3,(H,15,16)(H,17,18)/b7-5+. The Morgan fingerprint density at radius 2 is 2.17 bits per heavy atom. The molecule has 0 aromatic heterocycles. The molecule has 2 N–H and O–H groups in total. The van der Waals surface area contributed by atoms with Crippen molar-refractivity contribution in [2.45, 2.75) is 19.8 Å². The molecule has 0 saturated carbocycles. The minimum Gasteiger partial charge on any atom is -0.478 e. The largest absolute Gasteiger partial charge is 0.478 e. The molecule has 0 aliphatic heterocycles. The molecule has 1 rings (SSSR count). The number of amides is 1. The number of rotatable bonds is 5. The van der Waals surface area contributed by atoms with E-state index < -0.39 is 5.97 Å². The predicted molar refractivity (Wildman–Crippen MR) is 74.3 cm³/mol. The molecule has 0 spiro atoms. The maximum absolute atomic E-state index is 11.5. The lowest BCUT2D eigenvalue weighted by Crippen LogP contribution is -2.11. The minimum absolute atomic E-state index is 0.0578. The van der Waals surface area contributed by atoms with Crippen LogP contribution in [-0.2, 0) is 9.59 Å². The van der Waals surface area contributed by atoms with Gasteiger partial charge >= 0.3 is 5.97 Å². The van der Waals surface area contributed by atoms with Crippen molar-refractivity contribution in [3.63, 3.8) is 0 Å². The monoisotopic (exact) mass is 311 g/mol. The summed E-state index contributed by atoms with van der Waals surface area (Å²) in [6.45, 7) is 1.93. The van der Waals surface area contributed by atoms with Gasteiger partial charge in [0.2, 0.25) is 5.91 Å². The molecule has 0 aliphatic carbocycles. The highest BCUT2D eigenvalue weighted by molar-refractivity contribution is 9.10. The van der Waals surface area contributed by atoms with Crippen molar-refractivity contribution >= 4 is 39.6 Å². The first-order valence-corrected chi connectivity index (χ1v) is 6.32. The highest BCUT2D eigenvalue weighted by atomic mass is 79.9. The van der Waals surface area contributed by atoms with E-state index in [1.165, 1.54) is 6.08 Å². The Morgan fingerprint density at radius 3 is 2.78 bits per heavy atom. The number of hydrogen-bond acceptors (Lipinski definition) is 2. The molecule has 5 heteroatoms. The molecule has 0 aliphatic rings. The topological polar surface area (TPSA) is 66.4 Å². The van der Waals surface area contributed by atoms with Gasteiger partial charge in [-0.3, -0.25) is 4.79 Å². The van der Waals surface area contributed by atoms with Gasteiger partial charge in [0.1, 0.15) is 0 Å². The molecule has 18 heavy (non-hydrogen) atoms. The number of halogens is 1. The number of carbonyl (C=O) groups excluding carboxylic acids is 1. The van der Waals surface area contributed by atoms with Crippen LogP contribution in [0.4, 0.5) is 5.69 Å². The number of benzene rings is 1. The van der Waals surface area contributed by atoms with E-state index >= 15 is 0 Å². The second-order valence-corrected chi connectivity index (χ2v) is 4.56. The Bertz CT molecular complexity index is 483. The van der Waals surface area contributed by atoms with Crippen LogP contribution >= 0.6 is 15.9 Å². The van der Waals surface area contributed by atoms with Gasteiger partial charge in [-0.25, -0.2) is 4.79 Å². The minimum atomic E-state index is -1.01. The molecule has 0 radical (unpaired) electrons. The van der Waals surface area contributed by atoms with E-state index in [2.05, 4.69) is 21.2 Å². The van der Waals surface area contributed by atoms with Gasteiger partial charge in [0.25, 0.3) is 0 Å². The predicted octanol–water partition coefficient (Wildman–Crippen LogP) is 3.29. The van der Waals surface area contributed by atoms with Crippen LogP contribution in [0.25, 0.3) is 6.08 Å². The van der Waals surface area contributed by atoms with Crippen LogP contribution in [0, 0.1) is 0 Å². The number of aliphatic carboxylic acids is 1. The Kier molecular flexibility index (Phi) is 5.58. The van der Waals surface area contributed by atoms with E-state index in [4.69, 9.17) is 5.11 Å². The highest BCUT2D eigenvalue weighted by Gasteiger charge is 2.05. The summed E-state index contributed by atoms with van der Waals surface area (Å²) in [5.41, 5.74) is 1.35. The van der Waals surface area contributed by atoms with Gasteiger partial charge in [-0.15, -0.1) is 0 Å². The van der Waals surface area contributed by atoms with Crippen molar-refractivity contribution < 1.29 is 14.7 Å². The van der Waals surface area contributed by atoms with Gasteiger partial charge in [0, 0.05) is 17.0 Å². The van der Waals surface area contributed by atoms with Crippen LogP contribution in [-0.4, -0.2) is 17.0 Å². The third-order valence-corrected chi connectivity index (χ3v) is 2.85. The molecule has 4 nitrogen and oxygen atoms in total. The fourth-order valence-electron chi connectivity index (χ4n) is 1.35. The first-order chi connectivity index (χ1) is 8.52. The van der Waals surface area contributed by atoms with E-state index in [-0.39, 0.29) is 5.91 Å². The second kappa shape index (κ2) is 6.96. The molecule has 0 fully saturated rings. The van der Waals surface area contributed by atoms with Crippen molar-refractivity contribution in [3.05, 3.63) is 34.3 Å². The Balaban J connectivity index is 2.87. The highest BCUT2D eigenvalue weighted by Crippen LogP contribution is 2.24. The zero-order valence-corrected chi connectivity index (χ0v) is 11.5. The first-order valence-electron chi connectivity index (χ1n) is 5.53. The van der Waals surface area contributed by atoms with Crippen molar-refractivity contribution in [1.82, 2.24) is 0 Å². The molecular weight excluding hydrogens is 298 g/mol. The molecule has 1 aromatic carbocycles. The lowest BCUT2D eigenvalue weighted by molar-refractivity contribution is -0.131. The van der Waals surface area contributed by atoms with Crippen LogP contribution in [0.1, 0.15) is 25.3 Å². The Labute approximate surface area is 114 Å². The summed E-state index contributed by atoms with van der Waals surface area (Å²) in [5.74, 6) is -1.06. The van der Waals surface area contributed by atoms with E-state index in [0.717, 1.165) is 17.0 Å². The lowest BCUT2D eigenvalue weighted by Gasteiger charge is -2.07. The average molecular weight is 312 g/mol. The second-order valence-electron chi connectivity index (χ2n) is 3.71. The molecule has 96 valence electrons. The summed E-state index contributed by atoms with van der Waals surface area (Å²) in [6, 6.07) is 5.25. The van der Waals surface area contributed by atoms with Gasteiger partial charge in [-0.05, 0) is 46.1 Å². The van der Waals surface area contributed by atoms with Gasteiger partial charge in [-0.1, -0.05) is 13.0 Å². The van der Waals surface area contributed by atoms with Gasteiger partial charge < -0.3 is 10.4 Å². The molecule has 1 aromatic rings. The number of hydrogen-bond donors (Lipinski definition) is 2. The smallest absolute Gasteiger partial charge is 0.328 e. The maximum Gasteiger partial charge on any atom is 0.328 e. The first kappa shape index (κ1) is 14.4. The number of anilines is 1. The van der Waals surface area contributed by atoms with E-state index in [1.54, 1.807) is 18.2 Å². The molecule has 0 saturated heterocycles. The van der Waals surface area contributed by atoms with E-state index in [1.807, 2.05) is 6.92 Å². The Morgan fingerprint density at radius 1 is 1.44 bits per heavy atom. The SMILES string of the molecule is CCCC(=O)Nc1cc(/C=C/C(=O)O)ccc1Br. The molecular formula is C13H14BrNO3. The van der Waals surface area contributed by atoms with Crippen LogP contribution in [0.3, 0.4) is 0 Å². The number of carboxylic acid groups (broad SMARTS) is 1.